The summed E-state index contributed by atoms with van der Waals surface area (Å²) in [6.45, 7) is 9.86. The number of hydrogen-bond acceptors (Lipinski definition) is 3. The summed E-state index contributed by atoms with van der Waals surface area (Å²) in [6, 6.07) is 0.359. The fourth-order valence-corrected chi connectivity index (χ4v) is 1.85. The van der Waals surface area contributed by atoms with E-state index in [1.54, 1.807) is 0 Å². The summed E-state index contributed by atoms with van der Waals surface area (Å²) in [5.41, 5.74) is 0. The van der Waals surface area contributed by atoms with Crippen LogP contribution in [0, 0.1) is 5.92 Å². The van der Waals surface area contributed by atoms with Crippen LogP contribution < -0.4 is 5.32 Å². The van der Waals surface area contributed by atoms with E-state index in [-0.39, 0.29) is 5.91 Å². The molecule has 1 aliphatic heterocycles. The molecule has 0 bridgehead atoms. The first-order valence-corrected chi connectivity index (χ1v) is 6.22. The summed E-state index contributed by atoms with van der Waals surface area (Å²) in [5.74, 6) is 0.728. The Labute approximate surface area is 98.3 Å². The maximum Gasteiger partial charge on any atom is 0.236 e. The summed E-state index contributed by atoms with van der Waals surface area (Å²) >= 11 is 0. The molecular formula is C12H24N2O2. The molecule has 1 amide bonds. The van der Waals surface area contributed by atoms with E-state index in [1.165, 1.54) is 0 Å². The van der Waals surface area contributed by atoms with Crippen molar-refractivity contribution in [3.8, 4) is 0 Å². The zero-order valence-corrected chi connectivity index (χ0v) is 10.7. The molecule has 4 heteroatoms. The molecule has 0 radical (unpaired) electrons. The zero-order valence-electron chi connectivity index (χ0n) is 10.7. The van der Waals surface area contributed by atoms with Crippen molar-refractivity contribution in [2.45, 2.75) is 33.2 Å². The molecule has 0 aromatic heterocycles. The number of hydrogen-bond donors (Lipinski definition) is 1. The van der Waals surface area contributed by atoms with E-state index in [1.807, 2.05) is 25.7 Å². The molecule has 94 valence electrons. The number of carbonyl (C=O) groups is 1. The topological polar surface area (TPSA) is 41.6 Å². The molecule has 0 aliphatic carbocycles. The number of nitrogens with zero attached hydrogens (tertiary/aromatic N) is 1. The molecule has 1 rings (SSSR count). The third-order valence-corrected chi connectivity index (χ3v) is 2.90. The molecular weight excluding hydrogens is 204 g/mol. The van der Waals surface area contributed by atoms with Gasteiger partial charge in [-0.15, -0.1) is 0 Å². The van der Waals surface area contributed by atoms with Crippen molar-refractivity contribution in [2.24, 2.45) is 5.92 Å². The minimum Gasteiger partial charge on any atom is -0.381 e. The van der Waals surface area contributed by atoms with Crippen molar-refractivity contribution in [1.82, 2.24) is 10.2 Å². The largest absolute Gasteiger partial charge is 0.381 e. The van der Waals surface area contributed by atoms with Crippen LogP contribution in [0.1, 0.15) is 27.2 Å². The van der Waals surface area contributed by atoms with Crippen LogP contribution in [0.5, 0.6) is 0 Å². The number of ether oxygens (including phenoxy) is 1. The molecule has 1 fully saturated rings. The molecule has 1 unspecified atom stereocenters. The maximum absolute atomic E-state index is 11.9. The van der Waals surface area contributed by atoms with Gasteiger partial charge in [0.25, 0.3) is 0 Å². The highest BCUT2D eigenvalue weighted by Gasteiger charge is 2.21. The van der Waals surface area contributed by atoms with Gasteiger partial charge in [0.1, 0.15) is 0 Å². The van der Waals surface area contributed by atoms with Crippen LogP contribution in [0.25, 0.3) is 0 Å². The Morgan fingerprint density at radius 1 is 1.56 bits per heavy atom. The number of nitrogens with one attached hydrogen (secondary N) is 1. The van der Waals surface area contributed by atoms with Gasteiger partial charge in [-0.1, -0.05) is 13.8 Å². The maximum atomic E-state index is 11.9. The van der Waals surface area contributed by atoms with Crippen LogP contribution in [-0.4, -0.2) is 49.7 Å². The Hall–Kier alpha value is -0.610. The summed E-state index contributed by atoms with van der Waals surface area (Å²) in [7, 11) is 0. The van der Waals surface area contributed by atoms with Crippen molar-refractivity contribution in [2.75, 3.05) is 32.8 Å². The Morgan fingerprint density at radius 3 is 2.81 bits per heavy atom. The fraction of sp³-hybridized carbons (Fsp3) is 0.917. The average molecular weight is 228 g/mol. The molecule has 4 nitrogen and oxygen atoms in total. The van der Waals surface area contributed by atoms with E-state index in [9.17, 15) is 4.79 Å². The predicted molar refractivity (Wildman–Crippen MR) is 64.3 cm³/mol. The van der Waals surface area contributed by atoms with E-state index >= 15 is 0 Å². The van der Waals surface area contributed by atoms with E-state index in [0.29, 0.717) is 18.5 Å². The van der Waals surface area contributed by atoms with Crippen LogP contribution in [0.15, 0.2) is 0 Å². The quantitative estimate of drug-likeness (QED) is 0.733. The lowest BCUT2D eigenvalue weighted by molar-refractivity contribution is -0.130. The van der Waals surface area contributed by atoms with Crippen LogP contribution in [-0.2, 0) is 9.53 Å². The molecule has 0 aromatic carbocycles. The standard InChI is InChI=1S/C12H24N2O2/c1-4-14(8-11-5-6-16-9-11)12(15)7-13-10(2)3/h10-11,13H,4-9H2,1-3H3. The first kappa shape index (κ1) is 13.5. The zero-order chi connectivity index (χ0) is 12.0. The van der Waals surface area contributed by atoms with E-state index in [4.69, 9.17) is 4.74 Å². The number of amides is 1. The van der Waals surface area contributed by atoms with Gasteiger partial charge in [0.2, 0.25) is 5.91 Å². The second-order valence-corrected chi connectivity index (χ2v) is 4.70. The Morgan fingerprint density at radius 2 is 2.31 bits per heavy atom. The highest BCUT2D eigenvalue weighted by Crippen LogP contribution is 2.13. The molecule has 1 aliphatic rings. The monoisotopic (exact) mass is 228 g/mol. The average Bonchev–Trinajstić information content (AvgIpc) is 2.75. The smallest absolute Gasteiger partial charge is 0.236 e. The van der Waals surface area contributed by atoms with Gasteiger partial charge in [0.15, 0.2) is 0 Å². The first-order valence-electron chi connectivity index (χ1n) is 6.22. The molecule has 0 saturated carbocycles. The Balaban J connectivity index is 2.30. The van der Waals surface area contributed by atoms with Gasteiger partial charge in [-0.05, 0) is 13.3 Å². The third-order valence-electron chi connectivity index (χ3n) is 2.90. The van der Waals surface area contributed by atoms with Gasteiger partial charge in [-0.3, -0.25) is 4.79 Å². The second kappa shape index (κ2) is 6.86. The molecule has 16 heavy (non-hydrogen) atoms. The number of carbonyl (C=O) groups excluding carboxylic acids is 1. The van der Waals surface area contributed by atoms with Gasteiger partial charge >= 0.3 is 0 Å². The molecule has 1 atom stereocenters. The Kier molecular flexibility index (Phi) is 5.77. The second-order valence-electron chi connectivity index (χ2n) is 4.70. The van der Waals surface area contributed by atoms with Gasteiger partial charge < -0.3 is 15.0 Å². The molecule has 0 aromatic rings. The normalized spacial score (nSPS) is 20.4. The summed E-state index contributed by atoms with van der Waals surface area (Å²) in [6.07, 6.45) is 1.08. The Bertz CT molecular complexity index is 213. The van der Waals surface area contributed by atoms with Crippen molar-refractivity contribution in [3.63, 3.8) is 0 Å². The lowest BCUT2D eigenvalue weighted by atomic mass is 10.1. The van der Waals surface area contributed by atoms with E-state index in [0.717, 1.165) is 32.7 Å². The summed E-state index contributed by atoms with van der Waals surface area (Å²) < 4.78 is 5.33. The van der Waals surface area contributed by atoms with Crippen molar-refractivity contribution >= 4 is 5.91 Å². The number of rotatable bonds is 6. The molecule has 0 spiro atoms. The van der Waals surface area contributed by atoms with Crippen LogP contribution in [0.4, 0.5) is 0 Å². The van der Waals surface area contributed by atoms with Crippen LogP contribution >= 0.6 is 0 Å². The van der Waals surface area contributed by atoms with Gasteiger partial charge in [0.05, 0.1) is 13.2 Å². The van der Waals surface area contributed by atoms with Gasteiger partial charge in [-0.25, -0.2) is 0 Å². The SMILES string of the molecule is CCN(CC1CCOC1)C(=O)CNC(C)C. The fourth-order valence-electron chi connectivity index (χ4n) is 1.85. The molecule has 1 heterocycles. The first-order chi connectivity index (χ1) is 7.63. The van der Waals surface area contributed by atoms with Crippen LogP contribution in [0.3, 0.4) is 0 Å². The van der Waals surface area contributed by atoms with E-state index < -0.39 is 0 Å². The molecule has 1 N–H and O–H groups in total. The summed E-state index contributed by atoms with van der Waals surface area (Å²) in [5, 5.41) is 3.16. The highest BCUT2D eigenvalue weighted by molar-refractivity contribution is 5.78. The highest BCUT2D eigenvalue weighted by atomic mass is 16.5. The lowest BCUT2D eigenvalue weighted by Gasteiger charge is -2.24. The third kappa shape index (κ3) is 4.49. The van der Waals surface area contributed by atoms with Crippen molar-refractivity contribution in [1.29, 1.82) is 0 Å². The number of likely N-dealkylation sites (N-methyl/N-ethyl adjacent to an activating group) is 1. The van der Waals surface area contributed by atoms with Crippen molar-refractivity contribution in [3.05, 3.63) is 0 Å². The lowest BCUT2D eigenvalue weighted by Crippen LogP contribution is -2.42. The van der Waals surface area contributed by atoms with E-state index in [2.05, 4.69) is 5.32 Å². The van der Waals surface area contributed by atoms with Gasteiger partial charge in [-0.2, -0.15) is 0 Å². The molecule has 1 saturated heterocycles. The van der Waals surface area contributed by atoms with Crippen molar-refractivity contribution < 1.29 is 9.53 Å². The minimum atomic E-state index is 0.197. The predicted octanol–water partition coefficient (Wildman–Crippen LogP) is 0.869. The van der Waals surface area contributed by atoms with Crippen LogP contribution in [0.2, 0.25) is 0 Å². The minimum absolute atomic E-state index is 0.197. The van der Waals surface area contributed by atoms with Gasteiger partial charge in [0, 0.05) is 31.7 Å². The summed E-state index contributed by atoms with van der Waals surface area (Å²) in [4.78, 5) is 13.8.